The fourth-order valence-corrected chi connectivity index (χ4v) is 3.59. The number of amides is 1. The molecule has 0 saturated heterocycles. The minimum absolute atomic E-state index is 0.155. The van der Waals surface area contributed by atoms with Crippen molar-refractivity contribution in [3.63, 3.8) is 0 Å². The van der Waals surface area contributed by atoms with Crippen LogP contribution in [0, 0.1) is 0 Å². The molecule has 0 heterocycles. The van der Waals surface area contributed by atoms with Crippen LogP contribution in [0.15, 0.2) is 0 Å². The van der Waals surface area contributed by atoms with Crippen LogP contribution in [-0.2, 0) is 4.79 Å². The van der Waals surface area contributed by atoms with E-state index in [1.165, 1.54) is 19.3 Å². The summed E-state index contributed by atoms with van der Waals surface area (Å²) in [4.78, 5) is 14.6. The lowest BCUT2D eigenvalue weighted by Gasteiger charge is -2.43. The van der Waals surface area contributed by atoms with E-state index in [-0.39, 0.29) is 5.91 Å². The Labute approximate surface area is 117 Å². The number of carbonyl (C=O) groups excluding carboxylic acids is 1. The van der Waals surface area contributed by atoms with Gasteiger partial charge in [0.05, 0.1) is 5.54 Å². The highest BCUT2D eigenvalue weighted by Gasteiger charge is 2.44. The minimum atomic E-state index is -0.457. The van der Waals surface area contributed by atoms with Crippen molar-refractivity contribution in [2.75, 3.05) is 13.1 Å². The zero-order valence-corrected chi connectivity index (χ0v) is 12.5. The molecule has 2 rings (SSSR count). The Bertz CT molecular complexity index is 317. The molecule has 2 fully saturated rings. The standard InChI is InChI=1S/C15H29N3O/c1-3-10-17-15(14(16)19)9-5-6-13(11-15)18(4-2)12-7-8-12/h12-13,17H,3-11H2,1-2H3,(H2,16,19). The Kier molecular flexibility index (Phi) is 4.85. The second-order valence-electron chi connectivity index (χ2n) is 6.18. The average Bonchev–Trinajstić information content (AvgIpc) is 3.22. The van der Waals surface area contributed by atoms with E-state index in [2.05, 4.69) is 24.1 Å². The monoisotopic (exact) mass is 267 g/mol. The number of rotatable bonds is 7. The molecule has 2 unspecified atom stereocenters. The van der Waals surface area contributed by atoms with Crippen LogP contribution in [0.3, 0.4) is 0 Å². The summed E-state index contributed by atoms with van der Waals surface area (Å²) in [5.74, 6) is -0.155. The van der Waals surface area contributed by atoms with Crippen LogP contribution in [0.25, 0.3) is 0 Å². The highest BCUT2D eigenvalue weighted by atomic mass is 16.1. The molecule has 0 aromatic carbocycles. The van der Waals surface area contributed by atoms with Crippen molar-refractivity contribution in [2.24, 2.45) is 5.73 Å². The maximum absolute atomic E-state index is 12.0. The molecule has 2 atom stereocenters. The van der Waals surface area contributed by atoms with Crippen molar-refractivity contribution in [3.8, 4) is 0 Å². The van der Waals surface area contributed by atoms with Crippen LogP contribution in [0.1, 0.15) is 58.8 Å². The van der Waals surface area contributed by atoms with Gasteiger partial charge in [-0.1, -0.05) is 13.8 Å². The molecule has 110 valence electrons. The van der Waals surface area contributed by atoms with Crippen LogP contribution in [0.2, 0.25) is 0 Å². The number of nitrogens with zero attached hydrogens (tertiary/aromatic N) is 1. The third-order valence-corrected chi connectivity index (χ3v) is 4.76. The van der Waals surface area contributed by atoms with Crippen molar-refractivity contribution in [1.29, 1.82) is 0 Å². The maximum Gasteiger partial charge on any atom is 0.237 e. The van der Waals surface area contributed by atoms with Crippen LogP contribution in [0.4, 0.5) is 0 Å². The summed E-state index contributed by atoms with van der Waals surface area (Å²) in [6.07, 6.45) is 7.82. The number of nitrogens with one attached hydrogen (secondary N) is 1. The van der Waals surface area contributed by atoms with Gasteiger partial charge in [0.15, 0.2) is 0 Å². The Hall–Kier alpha value is -0.610. The van der Waals surface area contributed by atoms with Gasteiger partial charge in [0.2, 0.25) is 5.91 Å². The topological polar surface area (TPSA) is 58.4 Å². The molecule has 0 aromatic rings. The van der Waals surface area contributed by atoms with Gasteiger partial charge in [-0.25, -0.2) is 0 Å². The predicted octanol–water partition coefficient (Wildman–Crippen LogP) is 1.64. The van der Waals surface area contributed by atoms with Gasteiger partial charge in [0, 0.05) is 12.1 Å². The number of carbonyl (C=O) groups is 1. The van der Waals surface area contributed by atoms with E-state index in [4.69, 9.17) is 5.73 Å². The van der Waals surface area contributed by atoms with E-state index < -0.39 is 5.54 Å². The zero-order valence-electron chi connectivity index (χ0n) is 12.5. The van der Waals surface area contributed by atoms with Crippen LogP contribution in [0.5, 0.6) is 0 Å². The van der Waals surface area contributed by atoms with Gasteiger partial charge in [0.1, 0.15) is 0 Å². The Morgan fingerprint density at radius 3 is 2.58 bits per heavy atom. The van der Waals surface area contributed by atoms with E-state index >= 15 is 0 Å². The molecule has 0 spiro atoms. The van der Waals surface area contributed by atoms with E-state index in [1.807, 2.05) is 0 Å². The molecule has 0 bridgehead atoms. The Morgan fingerprint density at radius 2 is 2.05 bits per heavy atom. The summed E-state index contributed by atoms with van der Waals surface area (Å²) in [5, 5.41) is 3.45. The number of nitrogens with two attached hydrogens (primary N) is 1. The van der Waals surface area contributed by atoms with Gasteiger partial charge in [-0.15, -0.1) is 0 Å². The van der Waals surface area contributed by atoms with Crippen molar-refractivity contribution in [3.05, 3.63) is 0 Å². The summed E-state index contributed by atoms with van der Waals surface area (Å²) in [6.45, 7) is 6.34. The molecule has 19 heavy (non-hydrogen) atoms. The van der Waals surface area contributed by atoms with Crippen molar-refractivity contribution in [2.45, 2.75) is 76.4 Å². The third kappa shape index (κ3) is 3.29. The average molecular weight is 267 g/mol. The lowest BCUT2D eigenvalue weighted by Crippen LogP contribution is -2.61. The van der Waals surface area contributed by atoms with E-state index in [0.717, 1.165) is 44.8 Å². The molecular weight excluding hydrogens is 238 g/mol. The van der Waals surface area contributed by atoms with Gasteiger partial charge < -0.3 is 11.1 Å². The molecule has 1 amide bonds. The zero-order chi connectivity index (χ0) is 13.9. The fraction of sp³-hybridized carbons (Fsp3) is 0.933. The van der Waals surface area contributed by atoms with Gasteiger partial charge in [-0.05, 0) is 58.0 Å². The third-order valence-electron chi connectivity index (χ3n) is 4.76. The quantitative estimate of drug-likeness (QED) is 0.737. The molecule has 0 aliphatic heterocycles. The van der Waals surface area contributed by atoms with Gasteiger partial charge >= 0.3 is 0 Å². The predicted molar refractivity (Wildman–Crippen MR) is 77.9 cm³/mol. The molecule has 2 saturated carbocycles. The van der Waals surface area contributed by atoms with Crippen molar-refractivity contribution >= 4 is 5.91 Å². The van der Waals surface area contributed by atoms with Crippen molar-refractivity contribution in [1.82, 2.24) is 10.2 Å². The van der Waals surface area contributed by atoms with E-state index in [9.17, 15) is 4.79 Å². The van der Waals surface area contributed by atoms with Crippen LogP contribution in [-0.4, -0.2) is 41.5 Å². The highest BCUT2D eigenvalue weighted by Crippen LogP contribution is 2.36. The number of primary amides is 1. The fourth-order valence-electron chi connectivity index (χ4n) is 3.59. The highest BCUT2D eigenvalue weighted by molar-refractivity contribution is 5.84. The Morgan fingerprint density at radius 1 is 1.32 bits per heavy atom. The van der Waals surface area contributed by atoms with Gasteiger partial charge in [-0.3, -0.25) is 9.69 Å². The van der Waals surface area contributed by atoms with E-state index in [0.29, 0.717) is 6.04 Å². The maximum atomic E-state index is 12.0. The second kappa shape index (κ2) is 6.23. The first-order valence-electron chi connectivity index (χ1n) is 7.93. The molecule has 0 aromatic heterocycles. The molecule has 3 N–H and O–H groups in total. The largest absolute Gasteiger partial charge is 0.368 e. The molecule has 4 heteroatoms. The van der Waals surface area contributed by atoms with Crippen molar-refractivity contribution < 1.29 is 4.79 Å². The van der Waals surface area contributed by atoms with E-state index in [1.54, 1.807) is 0 Å². The molecule has 0 radical (unpaired) electrons. The van der Waals surface area contributed by atoms with Gasteiger partial charge in [-0.2, -0.15) is 0 Å². The molecule has 2 aliphatic carbocycles. The summed E-state index contributed by atoms with van der Waals surface area (Å²) in [7, 11) is 0. The first-order valence-corrected chi connectivity index (χ1v) is 7.93. The smallest absolute Gasteiger partial charge is 0.237 e. The molecule has 4 nitrogen and oxygen atoms in total. The summed E-state index contributed by atoms with van der Waals surface area (Å²) in [6, 6.07) is 1.30. The Balaban J connectivity index is 2.05. The summed E-state index contributed by atoms with van der Waals surface area (Å²) < 4.78 is 0. The number of hydrogen-bond donors (Lipinski definition) is 2. The normalized spacial score (nSPS) is 31.6. The summed E-state index contributed by atoms with van der Waals surface area (Å²) in [5.41, 5.74) is 5.26. The second-order valence-corrected chi connectivity index (χ2v) is 6.18. The first kappa shape index (κ1) is 14.8. The SMILES string of the molecule is CCCNC1(C(N)=O)CCCC(N(CC)C2CC2)C1. The lowest BCUT2D eigenvalue weighted by atomic mass is 9.77. The first-order chi connectivity index (χ1) is 9.13. The minimum Gasteiger partial charge on any atom is -0.368 e. The number of hydrogen-bond acceptors (Lipinski definition) is 3. The van der Waals surface area contributed by atoms with Crippen LogP contribution < -0.4 is 11.1 Å². The molecule has 2 aliphatic rings. The lowest BCUT2D eigenvalue weighted by molar-refractivity contribution is -0.126. The molecular formula is C15H29N3O. The van der Waals surface area contributed by atoms with Gasteiger partial charge in [0.25, 0.3) is 0 Å². The summed E-state index contributed by atoms with van der Waals surface area (Å²) >= 11 is 0. The van der Waals surface area contributed by atoms with Crippen LogP contribution >= 0.6 is 0 Å².